The first-order valence-electron chi connectivity index (χ1n) is 11.1. The molecule has 1 fully saturated rings. The maximum absolute atomic E-state index is 13.5. The van der Waals surface area contributed by atoms with Crippen LogP contribution in [0.1, 0.15) is 64.2 Å². The van der Waals surface area contributed by atoms with E-state index in [2.05, 4.69) is 4.74 Å². The second-order valence-electron chi connectivity index (χ2n) is 7.86. The van der Waals surface area contributed by atoms with Crippen molar-refractivity contribution in [1.29, 1.82) is 0 Å². The van der Waals surface area contributed by atoms with E-state index >= 15 is 0 Å². The van der Waals surface area contributed by atoms with Crippen LogP contribution < -0.4 is 4.74 Å². The van der Waals surface area contributed by atoms with Crippen LogP contribution in [-0.4, -0.2) is 38.2 Å². The van der Waals surface area contributed by atoms with Gasteiger partial charge in [0.05, 0.1) is 32.8 Å². The molecule has 0 N–H and O–H groups in total. The molecule has 2 rings (SSSR count). The van der Waals surface area contributed by atoms with Crippen LogP contribution in [0.5, 0.6) is 5.75 Å². The number of ketones is 1. The minimum atomic E-state index is -1.78. The molecule has 0 unspecified atom stereocenters. The Balaban J connectivity index is 1.56. The Labute approximate surface area is 185 Å². The molecule has 0 radical (unpaired) electrons. The average Bonchev–Trinajstić information content (AvgIpc) is 2.91. The third kappa shape index (κ3) is 8.86. The molecule has 0 atom stereocenters. The van der Waals surface area contributed by atoms with Gasteiger partial charge in [-0.2, -0.15) is 8.78 Å². The highest BCUT2D eigenvalue weighted by atomic mass is 19.2. The molecule has 0 aliphatic heterocycles. The molecule has 1 aliphatic rings. The fourth-order valence-corrected chi connectivity index (χ4v) is 3.61. The summed E-state index contributed by atoms with van der Waals surface area (Å²) in [4.78, 5) is 24.0. The van der Waals surface area contributed by atoms with E-state index in [0.717, 1.165) is 25.7 Å². The van der Waals surface area contributed by atoms with Crippen molar-refractivity contribution in [3.8, 4) is 5.75 Å². The lowest BCUT2D eigenvalue weighted by molar-refractivity contribution is -0.136. The zero-order valence-electron chi connectivity index (χ0n) is 18.1. The van der Waals surface area contributed by atoms with Crippen LogP contribution in [0.25, 0.3) is 0 Å². The summed E-state index contributed by atoms with van der Waals surface area (Å²) in [5, 5.41) is 0. The predicted molar refractivity (Wildman–Crippen MR) is 108 cm³/mol. The fraction of sp³-hybridized carbons (Fsp3) is 0.652. The Bertz CT molecular complexity index is 720. The summed E-state index contributed by atoms with van der Waals surface area (Å²) in [7, 11) is 0. The third-order valence-corrected chi connectivity index (χ3v) is 5.41. The zero-order chi connectivity index (χ0) is 23.3. The maximum atomic E-state index is 13.5. The number of carbonyl (C=O) groups is 2. The minimum absolute atomic E-state index is 0.0256. The van der Waals surface area contributed by atoms with Crippen LogP contribution in [-0.2, 0) is 19.1 Å². The standard InChI is InChI=1S/C23H30F4O5/c24-17-15-18(25)22(27)23(21(17)26)32-20(29)10-12-31-14-13-30-11-9-19(28)16-7-5-3-1-2-4-6-8-16/h15-16H,1-14H2. The van der Waals surface area contributed by atoms with E-state index in [1.54, 1.807) is 0 Å². The van der Waals surface area contributed by atoms with Gasteiger partial charge in [-0.3, -0.25) is 9.59 Å². The van der Waals surface area contributed by atoms with Crippen molar-refractivity contribution in [1.82, 2.24) is 0 Å². The molecule has 0 spiro atoms. The number of ether oxygens (including phenoxy) is 3. The van der Waals surface area contributed by atoms with E-state index in [1.165, 1.54) is 25.7 Å². The van der Waals surface area contributed by atoms with Crippen LogP contribution in [0.15, 0.2) is 6.07 Å². The van der Waals surface area contributed by atoms with Crippen LogP contribution in [0.3, 0.4) is 0 Å². The molecule has 0 saturated heterocycles. The zero-order valence-corrected chi connectivity index (χ0v) is 18.1. The summed E-state index contributed by atoms with van der Waals surface area (Å²) in [5.74, 6) is -9.04. The number of hydrogen-bond donors (Lipinski definition) is 0. The summed E-state index contributed by atoms with van der Waals surface area (Å²) in [6.45, 7) is 0.516. The van der Waals surface area contributed by atoms with E-state index in [9.17, 15) is 27.2 Å². The normalized spacial score (nSPS) is 15.6. The first-order valence-corrected chi connectivity index (χ1v) is 11.1. The molecule has 0 heterocycles. The maximum Gasteiger partial charge on any atom is 0.313 e. The number of halogens is 4. The van der Waals surface area contributed by atoms with Crippen LogP contribution in [0, 0.1) is 29.2 Å². The summed E-state index contributed by atoms with van der Waals surface area (Å²) in [6.07, 6.45) is 8.96. The quantitative estimate of drug-likeness (QED) is 0.147. The summed E-state index contributed by atoms with van der Waals surface area (Å²) in [5.41, 5.74) is 0. The number of esters is 1. The summed E-state index contributed by atoms with van der Waals surface area (Å²) in [6, 6.07) is 0.0256. The second-order valence-corrected chi connectivity index (χ2v) is 7.86. The molecule has 5 nitrogen and oxygen atoms in total. The molecule has 0 amide bonds. The lowest BCUT2D eigenvalue weighted by Gasteiger charge is -2.14. The van der Waals surface area contributed by atoms with Gasteiger partial charge < -0.3 is 14.2 Å². The molecule has 0 bridgehead atoms. The van der Waals surface area contributed by atoms with Gasteiger partial charge in [0.15, 0.2) is 11.6 Å². The molecule has 180 valence electrons. The molecular formula is C23H30F4O5. The van der Waals surface area contributed by atoms with Crippen molar-refractivity contribution in [3.05, 3.63) is 29.3 Å². The topological polar surface area (TPSA) is 61.8 Å². The summed E-state index contributed by atoms with van der Waals surface area (Å²) >= 11 is 0. The van der Waals surface area contributed by atoms with Crippen LogP contribution in [0.2, 0.25) is 0 Å². The average molecular weight is 462 g/mol. The highest BCUT2D eigenvalue weighted by Gasteiger charge is 2.23. The van der Waals surface area contributed by atoms with E-state index in [-0.39, 0.29) is 44.0 Å². The lowest BCUT2D eigenvalue weighted by atomic mass is 9.91. The van der Waals surface area contributed by atoms with Gasteiger partial charge in [0.1, 0.15) is 5.78 Å². The van der Waals surface area contributed by atoms with E-state index < -0.39 is 35.0 Å². The molecule has 1 aromatic rings. The van der Waals surface area contributed by atoms with Crippen LogP contribution >= 0.6 is 0 Å². The van der Waals surface area contributed by atoms with Gasteiger partial charge in [0.2, 0.25) is 17.4 Å². The number of Topliss-reactive ketones (excluding diaryl/α,β-unsaturated/α-hetero) is 1. The molecule has 1 aromatic carbocycles. The van der Waals surface area contributed by atoms with Crippen molar-refractivity contribution in [3.63, 3.8) is 0 Å². The summed E-state index contributed by atoms with van der Waals surface area (Å²) < 4.78 is 68.1. The Kier molecular flexibility index (Phi) is 11.7. The Hall–Kier alpha value is -2.00. The van der Waals surface area contributed by atoms with E-state index in [4.69, 9.17) is 9.47 Å². The molecular weight excluding hydrogens is 432 g/mol. The number of benzene rings is 1. The number of hydrogen-bond acceptors (Lipinski definition) is 5. The monoisotopic (exact) mass is 462 g/mol. The van der Waals surface area contributed by atoms with Gasteiger partial charge in [-0.05, 0) is 12.8 Å². The lowest BCUT2D eigenvalue weighted by Crippen LogP contribution is -2.18. The highest BCUT2D eigenvalue weighted by molar-refractivity contribution is 5.81. The molecule has 1 aliphatic carbocycles. The molecule has 1 saturated carbocycles. The Morgan fingerprint density at radius 2 is 1.25 bits per heavy atom. The third-order valence-electron chi connectivity index (χ3n) is 5.41. The first-order chi connectivity index (χ1) is 15.4. The predicted octanol–water partition coefficient (Wildman–Crippen LogP) is 5.28. The van der Waals surface area contributed by atoms with Crippen molar-refractivity contribution in [2.45, 2.75) is 64.2 Å². The first kappa shape index (κ1) is 26.3. The number of carbonyl (C=O) groups excluding carboxylic acids is 2. The highest BCUT2D eigenvalue weighted by Crippen LogP contribution is 2.27. The Morgan fingerprint density at radius 3 is 1.81 bits per heavy atom. The van der Waals surface area contributed by atoms with Crippen molar-refractivity contribution < 1.29 is 41.4 Å². The van der Waals surface area contributed by atoms with Crippen molar-refractivity contribution in [2.75, 3.05) is 26.4 Å². The molecule has 32 heavy (non-hydrogen) atoms. The smallest absolute Gasteiger partial charge is 0.313 e. The molecule has 0 aromatic heterocycles. The van der Waals surface area contributed by atoms with Crippen LogP contribution in [0.4, 0.5) is 17.6 Å². The van der Waals surface area contributed by atoms with Gasteiger partial charge in [-0.15, -0.1) is 0 Å². The second kappa shape index (κ2) is 14.2. The van der Waals surface area contributed by atoms with E-state index in [1.807, 2.05) is 0 Å². The SMILES string of the molecule is O=C(CCOCCOCCC(=O)C1CCCCCCCC1)Oc1c(F)c(F)cc(F)c1F. The van der Waals surface area contributed by atoms with Gasteiger partial charge in [-0.25, -0.2) is 8.78 Å². The molecule has 9 heteroatoms. The fourth-order valence-electron chi connectivity index (χ4n) is 3.61. The van der Waals surface area contributed by atoms with Crippen molar-refractivity contribution >= 4 is 11.8 Å². The van der Waals surface area contributed by atoms with Gasteiger partial charge in [0.25, 0.3) is 0 Å². The van der Waals surface area contributed by atoms with Crippen molar-refractivity contribution in [2.24, 2.45) is 5.92 Å². The van der Waals surface area contributed by atoms with E-state index in [0.29, 0.717) is 13.0 Å². The minimum Gasteiger partial charge on any atom is -0.420 e. The van der Waals surface area contributed by atoms with Gasteiger partial charge in [0, 0.05) is 18.4 Å². The largest absolute Gasteiger partial charge is 0.420 e. The van der Waals surface area contributed by atoms with Gasteiger partial charge in [-0.1, -0.05) is 38.5 Å². The van der Waals surface area contributed by atoms with Gasteiger partial charge >= 0.3 is 5.97 Å². The number of rotatable bonds is 11. The Morgan fingerprint density at radius 1 is 0.750 bits per heavy atom.